The maximum Gasteiger partial charge on any atom is 0.349 e. The molecule has 0 saturated carbocycles. The second-order valence-electron chi connectivity index (χ2n) is 9.00. The Kier molecular flexibility index (Phi) is 10.5. The fourth-order valence-electron chi connectivity index (χ4n) is 3.65. The molecule has 202 valence electrons. The molecule has 3 aromatic rings. The van der Waals surface area contributed by atoms with Gasteiger partial charge < -0.3 is 23.9 Å². The van der Waals surface area contributed by atoms with Gasteiger partial charge in [-0.1, -0.05) is 39.2 Å². The molecule has 8 heteroatoms. The van der Waals surface area contributed by atoms with Gasteiger partial charge in [-0.3, -0.25) is 4.79 Å². The van der Waals surface area contributed by atoms with Crippen molar-refractivity contribution in [1.82, 2.24) is 5.32 Å². The van der Waals surface area contributed by atoms with Gasteiger partial charge in [0.25, 0.3) is 5.91 Å². The van der Waals surface area contributed by atoms with Crippen LogP contribution in [0.25, 0.3) is 17.0 Å². The van der Waals surface area contributed by atoms with E-state index in [1.807, 2.05) is 26.0 Å². The summed E-state index contributed by atoms with van der Waals surface area (Å²) in [6.45, 7) is 6.58. The first-order chi connectivity index (χ1) is 18.3. The van der Waals surface area contributed by atoms with Crippen molar-refractivity contribution in [3.8, 4) is 17.2 Å². The Labute approximate surface area is 222 Å². The number of unbranched alkanes of at least 4 members (excludes halogenated alkanes) is 3. The van der Waals surface area contributed by atoms with Crippen LogP contribution < -0.4 is 25.2 Å². The van der Waals surface area contributed by atoms with Gasteiger partial charge in [0.1, 0.15) is 16.9 Å². The van der Waals surface area contributed by atoms with Gasteiger partial charge in [-0.25, -0.2) is 9.59 Å². The number of methoxy groups -OCH3 is 1. The van der Waals surface area contributed by atoms with Crippen LogP contribution in [0.2, 0.25) is 0 Å². The minimum atomic E-state index is -0.760. The van der Waals surface area contributed by atoms with E-state index in [1.54, 1.807) is 31.4 Å². The zero-order chi connectivity index (χ0) is 27.5. The summed E-state index contributed by atoms with van der Waals surface area (Å²) < 4.78 is 21.9. The quantitative estimate of drug-likeness (QED) is 0.0980. The largest absolute Gasteiger partial charge is 0.493 e. The molecule has 0 aliphatic rings. The topological polar surface area (TPSA) is 104 Å². The third kappa shape index (κ3) is 7.96. The van der Waals surface area contributed by atoms with E-state index in [2.05, 4.69) is 12.2 Å². The van der Waals surface area contributed by atoms with Gasteiger partial charge in [-0.05, 0) is 61.7 Å². The SMILES string of the molecule is CCCCCCOc1ccc(/C=C/C(=O)Oc2ccc3cc(C(=O)NC(C)CC)c(=O)oc3c2)cc1OC. The summed E-state index contributed by atoms with van der Waals surface area (Å²) >= 11 is 0. The number of esters is 1. The molecule has 1 unspecified atom stereocenters. The second kappa shape index (κ2) is 14.0. The van der Waals surface area contributed by atoms with E-state index in [0.29, 0.717) is 23.5 Å². The Balaban J connectivity index is 1.65. The molecule has 1 N–H and O–H groups in total. The summed E-state index contributed by atoms with van der Waals surface area (Å²) in [5.41, 5.74) is 0.113. The fourth-order valence-corrected chi connectivity index (χ4v) is 3.65. The smallest absolute Gasteiger partial charge is 0.349 e. The van der Waals surface area contributed by atoms with E-state index >= 15 is 0 Å². The Morgan fingerprint density at radius 1 is 1.03 bits per heavy atom. The van der Waals surface area contributed by atoms with Crippen molar-refractivity contribution in [2.75, 3.05) is 13.7 Å². The standard InChI is InChI=1S/C30H35NO7/c1-5-7-8-9-16-36-25-14-10-21(17-27(25)35-4)11-15-28(32)37-23-13-12-22-18-24(29(33)31-20(3)6-2)30(34)38-26(22)19-23/h10-15,17-20H,5-9,16H2,1-4H3,(H,31,33)/b15-11+. The van der Waals surface area contributed by atoms with Crippen LogP contribution in [0.5, 0.6) is 17.2 Å². The molecule has 2 aromatic carbocycles. The van der Waals surface area contributed by atoms with E-state index < -0.39 is 17.5 Å². The minimum absolute atomic E-state index is 0.0693. The number of fused-ring (bicyclic) bond motifs is 1. The molecule has 8 nitrogen and oxygen atoms in total. The van der Waals surface area contributed by atoms with Crippen LogP contribution in [0.1, 0.15) is 68.8 Å². The van der Waals surface area contributed by atoms with E-state index in [4.69, 9.17) is 18.6 Å². The maximum atomic E-state index is 12.4. The van der Waals surface area contributed by atoms with Crippen molar-refractivity contribution in [3.63, 3.8) is 0 Å². The van der Waals surface area contributed by atoms with Crippen molar-refractivity contribution in [2.24, 2.45) is 0 Å². The summed E-state index contributed by atoms with van der Waals surface area (Å²) in [6, 6.07) is 11.5. The average Bonchev–Trinajstić information content (AvgIpc) is 2.91. The van der Waals surface area contributed by atoms with Crippen molar-refractivity contribution in [1.29, 1.82) is 0 Å². The number of ether oxygens (including phenoxy) is 3. The lowest BCUT2D eigenvalue weighted by atomic mass is 10.1. The molecular weight excluding hydrogens is 486 g/mol. The molecule has 0 saturated heterocycles. The molecule has 1 aromatic heterocycles. The first-order valence-corrected chi connectivity index (χ1v) is 12.9. The van der Waals surface area contributed by atoms with Crippen LogP contribution in [-0.2, 0) is 4.79 Å². The zero-order valence-corrected chi connectivity index (χ0v) is 22.4. The first-order valence-electron chi connectivity index (χ1n) is 12.9. The Hall–Kier alpha value is -4.07. The van der Waals surface area contributed by atoms with Gasteiger partial charge in [0.05, 0.1) is 13.7 Å². The van der Waals surface area contributed by atoms with Crippen LogP contribution in [0.15, 0.2) is 57.8 Å². The number of rotatable bonds is 13. The van der Waals surface area contributed by atoms with Gasteiger partial charge in [0.2, 0.25) is 0 Å². The zero-order valence-electron chi connectivity index (χ0n) is 22.4. The molecular formula is C30H35NO7. The molecule has 1 atom stereocenters. The van der Waals surface area contributed by atoms with Crippen LogP contribution in [0, 0.1) is 0 Å². The molecule has 0 aliphatic heterocycles. The number of carbonyl (C=O) groups excluding carboxylic acids is 2. The lowest BCUT2D eigenvalue weighted by molar-refractivity contribution is -0.128. The summed E-state index contributed by atoms with van der Waals surface area (Å²) in [6.07, 6.45) is 8.11. The number of nitrogens with one attached hydrogen (secondary N) is 1. The predicted molar refractivity (Wildman–Crippen MR) is 147 cm³/mol. The molecule has 38 heavy (non-hydrogen) atoms. The molecule has 3 rings (SSSR count). The third-order valence-electron chi connectivity index (χ3n) is 6.02. The van der Waals surface area contributed by atoms with Gasteiger partial charge in [0.15, 0.2) is 11.5 Å². The predicted octanol–water partition coefficient (Wildman–Crippen LogP) is 5.91. The van der Waals surface area contributed by atoms with Crippen LogP contribution in [-0.4, -0.2) is 31.6 Å². The van der Waals surface area contributed by atoms with Crippen molar-refractivity contribution < 1.29 is 28.2 Å². The second-order valence-corrected chi connectivity index (χ2v) is 9.00. The number of hydrogen-bond acceptors (Lipinski definition) is 7. The summed E-state index contributed by atoms with van der Waals surface area (Å²) in [7, 11) is 1.57. The number of carbonyl (C=O) groups is 2. The highest BCUT2D eigenvalue weighted by Gasteiger charge is 2.16. The van der Waals surface area contributed by atoms with Gasteiger partial charge in [-0.2, -0.15) is 0 Å². The van der Waals surface area contributed by atoms with Crippen LogP contribution >= 0.6 is 0 Å². The number of hydrogen-bond donors (Lipinski definition) is 1. The number of amides is 1. The monoisotopic (exact) mass is 521 g/mol. The maximum absolute atomic E-state index is 12.4. The normalized spacial score (nSPS) is 11.9. The minimum Gasteiger partial charge on any atom is -0.493 e. The molecule has 0 radical (unpaired) electrons. The van der Waals surface area contributed by atoms with Crippen molar-refractivity contribution in [2.45, 2.75) is 58.9 Å². The summed E-state index contributed by atoms with van der Waals surface area (Å²) in [5.74, 6) is 0.349. The molecule has 1 heterocycles. The Morgan fingerprint density at radius 2 is 1.84 bits per heavy atom. The van der Waals surface area contributed by atoms with Gasteiger partial charge in [0, 0.05) is 23.6 Å². The van der Waals surface area contributed by atoms with Crippen LogP contribution in [0.4, 0.5) is 0 Å². The summed E-state index contributed by atoms with van der Waals surface area (Å²) in [4.78, 5) is 37.1. The van der Waals surface area contributed by atoms with Gasteiger partial charge in [-0.15, -0.1) is 0 Å². The van der Waals surface area contributed by atoms with E-state index in [9.17, 15) is 14.4 Å². The molecule has 0 fully saturated rings. The van der Waals surface area contributed by atoms with Crippen molar-refractivity contribution >= 4 is 28.9 Å². The fraction of sp³-hybridized carbons (Fsp3) is 0.367. The molecule has 1 amide bonds. The highest BCUT2D eigenvalue weighted by Crippen LogP contribution is 2.29. The third-order valence-corrected chi connectivity index (χ3v) is 6.02. The lowest BCUT2D eigenvalue weighted by Crippen LogP contribution is -2.34. The van der Waals surface area contributed by atoms with Crippen molar-refractivity contribution in [3.05, 3.63) is 70.1 Å². The van der Waals surface area contributed by atoms with E-state index in [0.717, 1.165) is 24.8 Å². The first kappa shape index (κ1) is 28.5. The van der Waals surface area contributed by atoms with Crippen LogP contribution in [0.3, 0.4) is 0 Å². The molecule has 0 bridgehead atoms. The molecule has 0 aliphatic carbocycles. The van der Waals surface area contributed by atoms with E-state index in [1.165, 1.54) is 31.1 Å². The highest BCUT2D eigenvalue weighted by molar-refractivity contribution is 5.97. The van der Waals surface area contributed by atoms with Gasteiger partial charge >= 0.3 is 11.6 Å². The molecule has 0 spiro atoms. The average molecular weight is 522 g/mol. The van der Waals surface area contributed by atoms with E-state index in [-0.39, 0.29) is 22.9 Å². The number of benzene rings is 2. The summed E-state index contributed by atoms with van der Waals surface area (Å²) in [5, 5.41) is 3.29. The lowest BCUT2D eigenvalue weighted by Gasteiger charge is -2.11. The highest BCUT2D eigenvalue weighted by atomic mass is 16.5. The Bertz CT molecular complexity index is 1340. The Morgan fingerprint density at radius 3 is 2.58 bits per heavy atom.